The molecule has 2 unspecified atom stereocenters. The Hall–Kier alpha value is -0.0800. The third-order valence-electron chi connectivity index (χ3n) is 4.84. The summed E-state index contributed by atoms with van der Waals surface area (Å²) in [6.07, 6.45) is 7.40. The fraction of sp³-hybridized carbons (Fsp3) is 1.00. The molecule has 1 heterocycles. The lowest BCUT2D eigenvalue weighted by Gasteiger charge is -2.43. The van der Waals surface area contributed by atoms with Crippen LogP contribution in [0.15, 0.2) is 0 Å². The van der Waals surface area contributed by atoms with Crippen molar-refractivity contribution in [1.29, 1.82) is 0 Å². The molecule has 1 N–H and O–H groups in total. The lowest BCUT2D eigenvalue weighted by Crippen LogP contribution is -2.56. The molecule has 0 amide bonds. The molecule has 0 spiro atoms. The van der Waals surface area contributed by atoms with Crippen molar-refractivity contribution in [2.24, 2.45) is 11.8 Å². The largest absolute Gasteiger partial charge is 0.311 e. The summed E-state index contributed by atoms with van der Waals surface area (Å²) in [5.41, 5.74) is 0. The van der Waals surface area contributed by atoms with Gasteiger partial charge in [-0.1, -0.05) is 6.42 Å². The molecular formula is C13H24N2. The van der Waals surface area contributed by atoms with Crippen LogP contribution >= 0.6 is 0 Å². The van der Waals surface area contributed by atoms with Gasteiger partial charge in [0.15, 0.2) is 0 Å². The van der Waals surface area contributed by atoms with Crippen LogP contribution in [0.3, 0.4) is 0 Å². The first kappa shape index (κ1) is 10.1. The van der Waals surface area contributed by atoms with Gasteiger partial charge in [0.05, 0.1) is 0 Å². The first-order chi connectivity index (χ1) is 7.34. The van der Waals surface area contributed by atoms with Crippen LogP contribution in [0.25, 0.3) is 0 Å². The SMILES string of the molecule is CC(C1CCC1)N1CCNC(C2CC2)C1. The minimum atomic E-state index is 0.821. The third kappa shape index (κ3) is 2.07. The molecule has 2 saturated carbocycles. The fourth-order valence-electron chi connectivity index (χ4n) is 3.21. The molecule has 3 aliphatic rings. The second-order valence-electron chi connectivity index (χ2n) is 5.82. The second kappa shape index (κ2) is 4.06. The minimum Gasteiger partial charge on any atom is -0.311 e. The summed E-state index contributed by atoms with van der Waals surface area (Å²) in [6.45, 7) is 6.28. The van der Waals surface area contributed by atoms with Gasteiger partial charge in [-0.25, -0.2) is 0 Å². The van der Waals surface area contributed by atoms with Crippen LogP contribution < -0.4 is 5.32 Å². The zero-order chi connectivity index (χ0) is 10.3. The Balaban J connectivity index is 1.55. The molecule has 0 aromatic carbocycles. The smallest absolute Gasteiger partial charge is 0.0223 e. The average molecular weight is 208 g/mol. The predicted molar refractivity (Wildman–Crippen MR) is 62.9 cm³/mol. The van der Waals surface area contributed by atoms with E-state index in [-0.39, 0.29) is 0 Å². The van der Waals surface area contributed by atoms with Crippen LogP contribution in [0.4, 0.5) is 0 Å². The number of rotatable bonds is 3. The van der Waals surface area contributed by atoms with Crippen LogP contribution in [-0.4, -0.2) is 36.6 Å². The van der Waals surface area contributed by atoms with Gasteiger partial charge in [-0.3, -0.25) is 4.90 Å². The van der Waals surface area contributed by atoms with Gasteiger partial charge in [0.2, 0.25) is 0 Å². The van der Waals surface area contributed by atoms with E-state index in [1.54, 1.807) is 0 Å². The average Bonchev–Trinajstić information content (AvgIpc) is 2.98. The Bertz CT molecular complexity index is 221. The Morgan fingerprint density at radius 3 is 2.60 bits per heavy atom. The molecule has 1 aliphatic heterocycles. The Kier molecular flexibility index (Phi) is 2.73. The van der Waals surface area contributed by atoms with E-state index in [0.717, 1.165) is 23.9 Å². The summed E-state index contributed by atoms with van der Waals surface area (Å²) in [6, 6.07) is 1.67. The van der Waals surface area contributed by atoms with Crippen LogP contribution in [0.2, 0.25) is 0 Å². The van der Waals surface area contributed by atoms with Crippen molar-refractivity contribution < 1.29 is 0 Å². The quantitative estimate of drug-likeness (QED) is 0.761. The summed E-state index contributed by atoms with van der Waals surface area (Å²) in [4.78, 5) is 2.75. The van der Waals surface area contributed by atoms with E-state index in [1.165, 1.54) is 51.7 Å². The van der Waals surface area contributed by atoms with Crippen LogP contribution in [0.5, 0.6) is 0 Å². The standard InChI is InChI=1S/C13H24N2/c1-10(11-3-2-4-11)15-8-7-14-13(9-15)12-5-6-12/h10-14H,2-9H2,1H3. The summed E-state index contributed by atoms with van der Waals surface area (Å²) < 4.78 is 0. The molecule has 0 aromatic rings. The zero-order valence-corrected chi connectivity index (χ0v) is 9.91. The van der Waals surface area contributed by atoms with E-state index in [4.69, 9.17) is 0 Å². The first-order valence-corrected chi connectivity index (χ1v) is 6.82. The normalized spacial score (nSPS) is 36.2. The van der Waals surface area contributed by atoms with E-state index in [1.807, 2.05) is 0 Å². The highest BCUT2D eigenvalue weighted by Gasteiger charge is 2.37. The van der Waals surface area contributed by atoms with E-state index in [9.17, 15) is 0 Å². The number of hydrogen-bond donors (Lipinski definition) is 1. The molecule has 2 aliphatic carbocycles. The van der Waals surface area contributed by atoms with Crippen molar-refractivity contribution in [3.8, 4) is 0 Å². The highest BCUT2D eigenvalue weighted by Crippen LogP contribution is 2.36. The molecule has 2 atom stereocenters. The summed E-state index contributed by atoms with van der Waals surface area (Å²) >= 11 is 0. The van der Waals surface area contributed by atoms with Crippen LogP contribution in [0.1, 0.15) is 39.0 Å². The van der Waals surface area contributed by atoms with Crippen molar-refractivity contribution in [3.05, 3.63) is 0 Å². The molecule has 2 nitrogen and oxygen atoms in total. The monoisotopic (exact) mass is 208 g/mol. The molecule has 86 valence electrons. The predicted octanol–water partition coefficient (Wildman–Crippen LogP) is 1.86. The maximum atomic E-state index is 3.70. The van der Waals surface area contributed by atoms with Crippen molar-refractivity contribution in [3.63, 3.8) is 0 Å². The maximum absolute atomic E-state index is 3.70. The van der Waals surface area contributed by atoms with Gasteiger partial charge in [0.25, 0.3) is 0 Å². The van der Waals surface area contributed by atoms with Gasteiger partial charge in [0, 0.05) is 31.7 Å². The molecule has 0 radical (unpaired) electrons. The lowest BCUT2D eigenvalue weighted by atomic mass is 9.79. The lowest BCUT2D eigenvalue weighted by molar-refractivity contribution is 0.0760. The Morgan fingerprint density at radius 1 is 1.20 bits per heavy atom. The van der Waals surface area contributed by atoms with Gasteiger partial charge >= 0.3 is 0 Å². The highest BCUT2D eigenvalue weighted by atomic mass is 15.2. The van der Waals surface area contributed by atoms with Crippen molar-refractivity contribution >= 4 is 0 Å². The summed E-state index contributed by atoms with van der Waals surface area (Å²) in [5.74, 6) is 2.03. The molecule has 2 heteroatoms. The van der Waals surface area contributed by atoms with E-state index < -0.39 is 0 Å². The summed E-state index contributed by atoms with van der Waals surface area (Å²) in [7, 11) is 0. The first-order valence-electron chi connectivity index (χ1n) is 6.82. The fourth-order valence-corrected chi connectivity index (χ4v) is 3.21. The molecule has 0 aromatic heterocycles. The number of nitrogens with one attached hydrogen (secondary N) is 1. The van der Waals surface area contributed by atoms with Gasteiger partial charge in [-0.05, 0) is 44.4 Å². The third-order valence-corrected chi connectivity index (χ3v) is 4.84. The molecule has 0 bridgehead atoms. The Labute approximate surface area is 93.4 Å². The topological polar surface area (TPSA) is 15.3 Å². The van der Waals surface area contributed by atoms with E-state index >= 15 is 0 Å². The van der Waals surface area contributed by atoms with Crippen molar-refractivity contribution in [2.45, 2.75) is 51.1 Å². The number of piperazine rings is 1. The van der Waals surface area contributed by atoms with Crippen molar-refractivity contribution in [2.75, 3.05) is 19.6 Å². The van der Waals surface area contributed by atoms with Gasteiger partial charge in [-0.15, -0.1) is 0 Å². The van der Waals surface area contributed by atoms with E-state index in [0.29, 0.717) is 0 Å². The molecule has 1 saturated heterocycles. The van der Waals surface area contributed by atoms with Crippen LogP contribution in [-0.2, 0) is 0 Å². The van der Waals surface area contributed by atoms with Gasteiger partial charge in [0.1, 0.15) is 0 Å². The van der Waals surface area contributed by atoms with E-state index in [2.05, 4.69) is 17.1 Å². The zero-order valence-electron chi connectivity index (χ0n) is 9.91. The van der Waals surface area contributed by atoms with Gasteiger partial charge < -0.3 is 5.32 Å². The molecule has 3 fully saturated rings. The maximum Gasteiger partial charge on any atom is 0.0223 e. The Morgan fingerprint density at radius 2 is 2.00 bits per heavy atom. The number of nitrogens with zero attached hydrogens (tertiary/aromatic N) is 1. The van der Waals surface area contributed by atoms with Crippen molar-refractivity contribution in [1.82, 2.24) is 10.2 Å². The highest BCUT2D eigenvalue weighted by molar-refractivity contribution is 4.93. The minimum absolute atomic E-state index is 0.821. The summed E-state index contributed by atoms with van der Waals surface area (Å²) in [5, 5.41) is 3.70. The van der Waals surface area contributed by atoms with Crippen LogP contribution in [0, 0.1) is 11.8 Å². The molecule has 3 rings (SSSR count). The molecule has 15 heavy (non-hydrogen) atoms. The molecular weight excluding hydrogens is 184 g/mol. The van der Waals surface area contributed by atoms with Gasteiger partial charge in [-0.2, -0.15) is 0 Å². The number of hydrogen-bond acceptors (Lipinski definition) is 2. The second-order valence-corrected chi connectivity index (χ2v) is 5.82.